The van der Waals surface area contributed by atoms with E-state index in [1.165, 1.54) is 27.3 Å². The van der Waals surface area contributed by atoms with E-state index in [1.807, 2.05) is 0 Å². The van der Waals surface area contributed by atoms with E-state index in [9.17, 15) is 13.4 Å². The zero-order valence-electron chi connectivity index (χ0n) is 14.2. The van der Waals surface area contributed by atoms with Gasteiger partial charge < -0.3 is 14.3 Å². The van der Waals surface area contributed by atoms with Crippen molar-refractivity contribution >= 4 is 18.9 Å². The summed E-state index contributed by atoms with van der Waals surface area (Å²) in [5.41, 5.74) is 0.999. The summed E-state index contributed by atoms with van der Waals surface area (Å²) in [7, 11) is 1.54. The largest absolute Gasteiger partial charge is 0.673 e. The van der Waals surface area contributed by atoms with Crippen LogP contribution in [0, 0.1) is 0 Å². The molecule has 25 heavy (non-hydrogen) atoms. The highest BCUT2D eigenvalue weighted by atomic mass is 19.2. The lowest BCUT2D eigenvalue weighted by atomic mass is 10.0. The van der Waals surface area contributed by atoms with Gasteiger partial charge in [-0.1, -0.05) is 0 Å². The first kappa shape index (κ1) is 18.5. The topological polar surface area (TPSA) is 38.8 Å². The molecule has 0 aliphatic rings. The van der Waals surface area contributed by atoms with E-state index in [2.05, 4.69) is 0 Å². The van der Waals surface area contributed by atoms with Gasteiger partial charge >= 0.3 is 7.40 Å². The number of hydrogen-bond acceptors (Lipinski definition) is 4. The Morgan fingerprint density at radius 2 is 1.36 bits per heavy atom. The second-order valence-corrected chi connectivity index (χ2v) is 5.24. The average Bonchev–Trinajstić information content (AvgIpc) is 2.65. The quantitative estimate of drug-likeness (QED) is 0.435. The van der Waals surface area contributed by atoms with E-state index < -0.39 is 7.40 Å². The normalized spacial score (nSPS) is 11.0. The number of ether oxygens (including phenoxy) is 2. The van der Waals surface area contributed by atoms with Crippen LogP contribution in [0.5, 0.6) is 11.5 Å². The number of ketones is 1. The van der Waals surface area contributed by atoms with Crippen LogP contribution in [-0.4, -0.2) is 39.3 Å². The highest BCUT2D eigenvalue weighted by molar-refractivity contribution is 6.41. The van der Waals surface area contributed by atoms with Crippen molar-refractivity contribution in [1.29, 1.82) is 0 Å². The summed E-state index contributed by atoms with van der Waals surface area (Å²) in [4.78, 5) is 13.2. The third-order valence-corrected chi connectivity index (χ3v) is 3.70. The van der Waals surface area contributed by atoms with Gasteiger partial charge in [0, 0.05) is 17.3 Å². The van der Waals surface area contributed by atoms with Crippen molar-refractivity contribution in [1.82, 2.24) is 4.81 Å². The van der Waals surface area contributed by atoms with Crippen LogP contribution in [0.3, 0.4) is 0 Å². The van der Waals surface area contributed by atoms with E-state index >= 15 is 0 Å². The summed E-state index contributed by atoms with van der Waals surface area (Å²) in [6.07, 6.45) is 1.20. The summed E-state index contributed by atoms with van der Waals surface area (Å²) in [6.45, 7) is 0. The summed E-state index contributed by atoms with van der Waals surface area (Å²) >= 11 is 0. The van der Waals surface area contributed by atoms with Crippen molar-refractivity contribution in [2.75, 3.05) is 21.3 Å². The van der Waals surface area contributed by atoms with Gasteiger partial charge in [-0.25, -0.2) is 0 Å². The van der Waals surface area contributed by atoms with Crippen LogP contribution < -0.4 is 9.47 Å². The van der Waals surface area contributed by atoms with Crippen LogP contribution in [0.1, 0.15) is 15.9 Å². The van der Waals surface area contributed by atoms with Gasteiger partial charge in [-0.3, -0.25) is 13.4 Å². The van der Waals surface area contributed by atoms with Gasteiger partial charge in [-0.15, -0.1) is 0 Å². The molecule has 0 fully saturated rings. The Labute approximate surface area is 145 Å². The molecule has 0 N–H and O–H groups in total. The van der Waals surface area contributed by atoms with Gasteiger partial charge in [0.05, 0.1) is 14.2 Å². The molecule has 0 aromatic heterocycles. The van der Waals surface area contributed by atoms with Crippen LogP contribution >= 0.6 is 0 Å². The van der Waals surface area contributed by atoms with Gasteiger partial charge in [0.25, 0.3) is 0 Å². The molecule has 2 aromatic rings. The first-order valence-corrected chi connectivity index (χ1v) is 7.51. The molecule has 0 atom stereocenters. The number of allylic oxidation sites excluding steroid dienone is 1. The monoisotopic (exact) mass is 345 g/mol. The fourth-order valence-electron chi connectivity index (χ4n) is 2.22. The second-order valence-electron chi connectivity index (χ2n) is 5.24. The Morgan fingerprint density at radius 1 is 0.920 bits per heavy atom. The number of carbonyl (C=O) groups is 1. The Kier molecular flexibility index (Phi) is 6.17. The lowest BCUT2D eigenvalue weighted by Crippen LogP contribution is -2.27. The molecule has 2 aromatic carbocycles. The molecule has 0 bridgehead atoms. The van der Waals surface area contributed by atoms with Crippen molar-refractivity contribution in [3.05, 3.63) is 65.7 Å². The second kappa shape index (κ2) is 8.33. The standard InChI is InChI=1S/C18H18BF2NO3/c1-22(19(20)21)17(13-4-8-15(24-2)9-5-13)12-18(23)14-6-10-16(25-3)11-7-14/h4-12H,1-3H3/b17-12-. The fraction of sp³-hybridized carbons (Fsp3) is 0.167. The molecule has 0 unspecified atom stereocenters. The number of nitrogens with zero attached hydrogens (tertiary/aromatic N) is 1. The minimum Gasteiger partial charge on any atom is -0.497 e. The predicted molar refractivity (Wildman–Crippen MR) is 94.0 cm³/mol. The van der Waals surface area contributed by atoms with Gasteiger partial charge in [-0.2, -0.15) is 0 Å². The lowest BCUT2D eigenvalue weighted by Gasteiger charge is -2.20. The molecule has 0 radical (unpaired) electrons. The number of methoxy groups -OCH3 is 2. The Morgan fingerprint density at radius 3 is 1.76 bits per heavy atom. The maximum absolute atomic E-state index is 13.2. The molecule has 0 spiro atoms. The van der Waals surface area contributed by atoms with Crippen molar-refractivity contribution < 1.29 is 22.9 Å². The molecule has 4 nitrogen and oxygen atoms in total. The van der Waals surface area contributed by atoms with Gasteiger partial charge in [0.15, 0.2) is 5.78 Å². The molecule has 0 aliphatic heterocycles. The van der Waals surface area contributed by atoms with E-state index in [0.717, 1.165) is 4.81 Å². The first-order chi connectivity index (χ1) is 12.0. The zero-order valence-corrected chi connectivity index (χ0v) is 14.2. The van der Waals surface area contributed by atoms with Crippen molar-refractivity contribution in [2.24, 2.45) is 0 Å². The van der Waals surface area contributed by atoms with E-state index in [-0.39, 0.29) is 11.5 Å². The summed E-state index contributed by atoms with van der Waals surface area (Å²) in [5.74, 6) is 0.839. The smallest absolute Gasteiger partial charge is 0.497 e. The van der Waals surface area contributed by atoms with E-state index in [1.54, 1.807) is 48.5 Å². The fourth-order valence-corrected chi connectivity index (χ4v) is 2.22. The van der Waals surface area contributed by atoms with Crippen LogP contribution in [0.2, 0.25) is 0 Å². The summed E-state index contributed by atoms with van der Waals surface area (Å²) in [5, 5.41) is 0. The Hall–Kier alpha value is -2.83. The number of rotatable bonds is 7. The Bertz CT molecular complexity index is 746. The van der Waals surface area contributed by atoms with E-state index in [4.69, 9.17) is 9.47 Å². The highest BCUT2D eigenvalue weighted by Gasteiger charge is 2.25. The van der Waals surface area contributed by atoms with Gasteiger partial charge in [0.2, 0.25) is 0 Å². The Balaban J connectivity index is 2.38. The SMILES string of the molecule is COc1ccc(C(=O)/C=C(/c2ccc(OC)cc2)N(C)B(F)F)cc1. The molecular formula is C18H18BF2NO3. The van der Waals surface area contributed by atoms with Gasteiger partial charge in [0.1, 0.15) is 11.5 Å². The predicted octanol–water partition coefficient (Wildman–Crippen LogP) is 3.78. The molecular weight excluding hydrogens is 327 g/mol. The van der Waals surface area contributed by atoms with Crippen molar-refractivity contribution in [3.63, 3.8) is 0 Å². The molecule has 0 aliphatic carbocycles. The minimum atomic E-state index is -2.74. The van der Waals surface area contributed by atoms with E-state index in [0.29, 0.717) is 22.6 Å². The summed E-state index contributed by atoms with van der Waals surface area (Å²) in [6, 6.07) is 13.0. The number of benzene rings is 2. The maximum atomic E-state index is 13.2. The molecule has 130 valence electrons. The molecule has 2 rings (SSSR count). The van der Waals surface area contributed by atoms with Crippen molar-refractivity contribution in [2.45, 2.75) is 0 Å². The average molecular weight is 345 g/mol. The highest BCUT2D eigenvalue weighted by Crippen LogP contribution is 2.24. The number of carbonyl (C=O) groups excluding carboxylic acids is 1. The zero-order chi connectivity index (χ0) is 18.4. The van der Waals surface area contributed by atoms with Crippen LogP contribution in [-0.2, 0) is 0 Å². The third-order valence-electron chi connectivity index (χ3n) is 3.70. The molecule has 0 saturated carbocycles. The number of halogens is 2. The van der Waals surface area contributed by atoms with Crippen LogP contribution in [0.15, 0.2) is 54.6 Å². The first-order valence-electron chi connectivity index (χ1n) is 7.51. The molecule has 0 heterocycles. The number of hydrogen-bond donors (Lipinski definition) is 0. The molecule has 0 saturated heterocycles. The third kappa shape index (κ3) is 4.59. The summed E-state index contributed by atoms with van der Waals surface area (Å²) < 4.78 is 36.5. The lowest BCUT2D eigenvalue weighted by molar-refractivity contribution is 0.104. The van der Waals surface area contributed by atoms with Gasteiger partial charge in [-0.05, 0) is 61.1 Å². The maximum Gasteiger partial charge on any atom is 0.673 e. The van der Waals surface area contributed by atoms with Crippen LogP contribution in [0.4, 0.5) is 8.63 Å². The molecule has 7 heteroatoms. The van der Waals surface area contributed by atoms with Crippen LogP contribution in [0.25, 0.3) is 5.70 Å². The molecule has 0 amide bonds. The van der Waals surface area contributed by atoms with Crippen molar-refractivity contribution in [3.8, 4) is 11.5 Å². The minimum absolute atomic E-state index is 0.124.